The molecule has 2 heterocycles. The molecule has 1 N–H and O–H groups in total. The minimum absolute atomic E-state index is 0.155. The number of aromatic nitrogens is 1. The zero-order chi connectivity index (χ0) is 17.8. The van der Waals surface area contributed by atoms with Crippen LogP contribution in [0, 0.1) is 0 Å². The number of para-hydroxylation sites is 1. The first-order valence-electron chi connectivity index (χ1n) is 8.91. The number of rotatable bonds is 4. The highest BCUT2D eigenvalue weighted by Crippen LogP contribution is 2.24. The Morgan fingerprint density at radius 1 is 1.00 bits per heavy atom. The van der Waals surface area contributed by atoms with Gasteiger partial charge in [-0.2, -0.15) is 0 Å². The number of anilines is 1. The Morgan fingerprint density at radius 2 is 1.65 bits per heavy atom. The van der Waals surface area contributed by atoms with Crippen LogP contribution >= 0.6 is 0 Å². The molecule has 1 amide bonds. The van der Waals surface area contributed by atoms with Crippen LogP contribution in [0.15, 0.2) is 71.5 Å². The van der Waals surface area contributed by atoms with E-state index < -0.39 is 0 Å². The molecule has 0 aliphatic carbocycles. The highest BCUT2D eigenvalue weighted by molar-refractivity contribution is 5.97. The average molecular weight is 347 g/mol. The molecular weight excluding hydrogens is 326 g/mol. The molecule has 1 aliphatic rings. The molecule has 5 heteroatoms. The topological polar surface area (TPSA) is 58.4 Å². The van der Waals surface area contributed by atoms with Gasteiger partial charge in [0.15, 0.2) is 17.8 Å². The molecule has 1 saturated heterocycles. The van der Waals surface area contributed by atoms with Crippen LogP contribution in [0.25, 0.3) is 11.3 Å². The molecule has 3 aromatic rings. The number of piperidine rings is 1. The fourth-order valence-electron chi connectivity index (χ4n) is 3.38. The number of hydrogen-bond acceptors (Lipinski definition) is 4. The summed E-state index contributed by atoms with van der Waals surface area (Å²) in [4.78, 5) is 19.2. The third-order valence-corrected chi connectivity index (χ3v) is 4.77. The maximum Gasteiger partial charge on any atom is 0.274 e. The molecular formula is C21H21N3O2. The van der Waals surface area contributed by atoms with Crippen LogP contribution in [0.4, 0.5) is 5.69 Å². The van der Waals surface area contributed by atoms with Gasteiger partial charge in [-0.3, -0.25) is 4.79 Å². The van der Waals surface area contributed by atoms with Crippen LogP contribution in [-0.4, -0.2) is 30.0 Å². The quantitative estimate of drug-likeness (QED) is 0.781. The van der Waals surface area contributed by atoms with Gasteiger partial charge >= 0.3 is 0 Å². The van der Waals surface area contributed by atoms with Crippen molar-refractivity contribution in [3.05, 3.63) is 72.8 Å². The summed E-state index contributed by atoms with van der Waals surface area (Å²) < 4.78 is 5.46. The van der Waals surface area contributed by atoms with E-state index in [1.54, 1.807) is 0 Å². The van der Waals surface area contributed by atoms with Crippen molar-refractivity contribution >= 4 is 11.6 Å². The molecule has 1 aliphatic heterocycles. The predicted molar refractivity (Wildman–Crippen MR) is 101 cm³/mol. The Labute approximate surface area is 152 Å². The summed E-state index contributed by atoms with van der Waals surface area (Å²) in [7, 11) is 0. The van der Waals surface area contributed by atoms with E-state index in [0.717, 1.165) is 31.5 Å². The van der Waals surface area contributed by atoms with E-state index in [1.165, 1.54) is 12.1 Å². The van der Waals surface area contributed by atoms with E-state index in [4.69, 9.17) is 4.42 Å². The van der Waals surface area contributed by atoms with Gasteiger partial charge in [0, 0.05) is 30.4 Å². The number of hydrogen-bond donors (Lipinski definition) is 1. The zero-order valence-corrected chi connectivity index (χ0v) is 14.5. The van der Waals surface area contributed by atoms with E-state index in [2.05, 4.69) is 39.5 Å². The van der Waals surface area contributed by atoms with Gasteiger partial charge in [-0.15, -0.1) is 0 Å². The maximum absolute atomic E-state index is 12.7. The van der Waals surface area contributed by atoms with E-state index in [9.17, 15) is 4.79 Å². The molecule has 132 valence electrons. The molecule has 1 aromatic heterocycles. The fourth-order valence-corrected chi connectivity index (χ4v) is 3.38. The monoisotopic (exact) mass is 347 g/mol. The smallest absolute Gasteiger partial charge is 0.274 e. The lowest BCUT2D eigenvalue weighted by atomic mass is 10.0. The molecule has 0 saturated carbocycles. The summed E-state index contributed by atoms with van der Waals surface area (Å²) in [6, 6.07) is 20.1. The number of amides is 1. The molecule has 1 fully saturated rings. The largest absolute Gasteiger partial charge is 0.443 e. The highest BCUT2D eigenvalue weighted by atomic mass is 16.3. The Balaban J connectivity index is 1.39. The van der Waals surface area contributed by atoms with Crippen LogP contribution in [0.5, 0.6) is 0 Å². The number of carbonyl (C=O) groups is 1. The normalized spacial score (nSPS) is 15.0. The van der Waals surface area contributed by atoms with Crippen molar-refractivity contribution in [3.63, 3.8) is 0 Å². The highest BCUT2D eigenvalue weighted by Gasteiger charge is 2.24. The summed E-state index contributed by atoms with van der Waals surface area (Å²) in [5.41, 5.74) is 2.44. The van der Waals surface area contributed by atoms with Crippen molar-refractivity contribution in [1.29, 1.82) is 0 Å². The van der Waals surface area contributed by atoms with Crippen molar-refractivity contribution in [2.45, 2.75) is 18.9 Å². The number of benzene rings is 2. The average Bonchev–Trinajstić information content (AvgIpc) is 3.20. The van der Waals surface area contributed by atoms with Gasteiger partial charge in [0.05, 0.1) is 0 Å². The fraction of sp³-hybridized carbons (Fsp3) is 0.238. The SMILES string of the molecule is O=C(NC1CCN(c2ccccc2)CC1)c1ncoc1-c1ccccc1. The third kappa shape index (κ3) is 3.47. The maximum atomic E-state index is 12.7. The molecule has 0 bridgehead atoms. The van der Waals surface area contributed by atoms with Gasteiger partial charge in [-0.25, -0.2) is 4.98 Å². The minimum Gasteiger partial charge on any atom is -0.443 e. The Kier molecular flexibility index (Phi) is 4.69. The molecule has 5 nitrogen and oxygen atoms in total. The summed E-state index contributed by atoms with van der Waals surface area (Å²) in [6.45, 7) is 1.86. The second-order valence-corrected chi connectivity index (χ2v) is 6.47. The first-order valence-corrected chi connectivity index (χ1v) is 8.91. The van der Waals surface area contributed by atoms with Gasteiger partial charge in [0.1, 0.15) is 0 Å². The van der Waals surface area contributed by atoms with Crippen LogP contribution in [0.1, 0.15) is 23.3 Å². The first kappa shape index (κ1) is 16.4. The van der Waals surface area contributed by atoms with Crippen molar-refractivity contribution in [2.24, 2.45) is 0 Å². The van der Waals surface area contributed by atoms with E-state index in [1.807, 2.05) is 36.4 Å². The predicted octanol–water partition coefficient (Wildman–Crippen LogP) is 3.74. The molecule has 2 aromatic carbocycles. The lowest BCUT2D eigenvalue weighted by Crippen LogP contribution is -2.44. The second-order valence-electron chi connectivity index (χ2n) is 6.47. The second kappa shape index (κ2) is 7.44. The molecule has 0 spiro atoms. The molecule has 26 heavy (non-hydrogen) atoms. The number of nitrogens with zero attached hydrogens (tertiary/aromatic N) is 2. The van der Waals surface area contributed by atoms with Gasteiger partial charge in [-0.05, 0) is 25.0 Å². The third-order valence-electron chi connectivity index (χ3n) is 4.77. The number of oxazole rings is 1. The van der Waals surface area contributed by atoms with Crippen molar-refractivity contribution in [3.8, 4) is 11.3 Å². The Bertz CT molecular complexity index is 853. The summed E-state index contributed by atoms with van der Waals surface area (Å²) >= 11 is 0. The molecule has 0 unspecified atom stereocenters. The molecule has 0 radical (unpaired) electrons. The number of carbonyl (C=O) groups excluding carboxylic acids is 1. The summed E-state index contributed by atoms with van der Waals surface area (Å²) in [5, 5.41) is 3.12. The lowest BCUT2D eigenvalue weighted by Gasteiger charge is -2.33. The van der Waals surface area contributed by atoms with Crippen molar-refractivity contribution in [1.82, 2.24) is 10.3 Å². The van der Waals surface area contributed by atoms with Crippen LogP contribution in [-0.2, 0) is 0 Å². The van der Waals surface area contributed by atoms with Crippen LogP contribution < -0.4 is 10.2 Å². The van der Waals surface area contributed by atoms with Gasteiger partial charge in [-0.1, -0.05) is 48.5 Å². The van der Waals surface area contributed by atoms with Crippen LogP contribution in [0.3, 0.4) is 0 Å². The first-order chi connectivity index (χ1) is 12.8. The van der Waals surface area contributed by atoms with E-state index in [0.29, 0.717) is 11.5 Å². The molecule has 4 rings (SSSR count). The standard InChI is InChI=1S/C21H21N3O2/c25-21(19-20(26-15-22-19)16-7-3-1-4-8-16)23-17-11-13-24(14-12-17)18-9-5-2-6-10-18/h1-10,15,17H,11-14H2,(H,23,25). The van der Waals surface area contributed by atoms with E-state index >= 15 is 0 Å². The summed E-state index contributed by atoms with van der Waals surface area (Å²) in [6.07, 6.45) is 3.16. The van der Waals surface area contributed by atoms with E-state index in [-0.39, 0.29) is 11.9 Å². The van der Waals surface area contributed by atoms with Gasteiger partial charge in [0.2, 0.25) is 0 Å². The number of nitrogens with one attached hydrogen (secondary N) is 1. The zero-order valence-electron chi connectivity index (χ0n) is 14.5. The van der Waals surface area contributed by atoms with Crippen molar-refractivity contribution < 1.29 is 9.21 Å². The van der Waals surface area contributed by atoms with Gasteiger partial charge in [0.25, 0.3) is 5.91 Å². The summed E-state index contributed by atoms with van der Waals surface area (Å²) in [5.74, 6) is 0.348. The lowest BCUT2D eigenvalue weighted by molar-refractivity contribution is 0.0927. The van der Waals surface area contributed by atoms with Crippen LogP contribution in [0.2, 0.25) is 0 Å². The van der Waals surface area contributed by atoms with Crippen molar-refractivity contribution in [2.75, 3.05) is 18.0 Å². The Morgan fingerprint density at radius 3 is 2.35 bits per heavy atom. The molecule has 0 atom stereocenters. The Hall–Kier alpha value is -3.08. The van der Waals surface area contributed by atoms with Gasteiger partial charge < -0.3 is 14.6 Å². The minimum atomic E-state index is -0.171.